The summed E-state index contributed by atoms with van der Waals surface area (Å²) in [5.41, 5.74) is 11.2. The molecule has 2 nitrogen and oxygen atoms in total. The number of nitrogens with zero attached hydrogens (tertiary/aromatic N) is 1. The van der Waals surface area contributed by atoms with Crippen LogP contribution in [-0.2, 0) is 0 Å². The molecule has 0 radical (unpaired) electrons. The van der Waals surface area contributed by atoms with Crippen LogP contribution in [0, 0.1) is 0 Å². The average Bonchev–Trinajstić information content (AvgIpc) is 3.44. The number of nitrogens with one attached hydrogen (secondary N) is 1. The molecule has 0 atom stereocenters. The maximum atomic E-state index is 3.71. The summed E-state index contributed by atoms with van der Waals surface area (Å²) in [7, 11) is 0. The first-order chi connectivity index (χ1) is 17.9. The maximum Gasteiger partial charge on any atom is 0.0549 e. The lowest BCUT2D eigenvalue weighted by atomic mass is 9.95. The average molecular weight is 457 g/mol. The minimum atomic E-state index is 1.19. The number of hydrogen-bond acceptors (Lipinski definition) is 0. The van der Waals surface area contributed by atoms with Gasteiger partial charge in [-0.1, -0.05) is 78.9 Å². The monoisotopic (exact) mass is 456 g/mol. The van der Waals surface area contributed by atoms with Crippen molar-refractivity contribution in [2.75, 3.05) is 0 Å². The fraction of sp³-hybridized carbons (Fsp3) is 0. The molecule has 2 aromatic heterocycles. The van der Waals surface area contributed by atoms with Crippen molar-refractivity contribution in [3.8, 4) is 27.9 Å². The lowest BCUT2D eigenvalue weighted by Crippen LogP contribution is -1.94. The van der Waals surface area contributed by atoms with Crippen molar-refractivity contribution in [3.63, 3.8) is 0 Å². The Hall–Kier alpha value is -4.82. The Bertz CT molecular complexity index is 2180. The highest BCUT2D eigenvalue weighted by molar-refractivity contribution is 6.38. The molecule has 2 heteroatoms. The predicted octanol–water partition coefficient (Wildman–Crippen LogP) is 9.22. The molecule has 1 aliphatic carbocycles. The number of aromatic nitrogens is 2. The second-order valence-corrected chi connectivity index (χ2v) is 9.85. The highest BCUT2D eigenvalue weighted by atomic mass is 15.0. The molecule has 36 heavy (non-hydrogen) atoms. The van der Waals surface area contributed by atoms with Gasteiger partial charge in [-0.3, -0.25) is 0 Å². The summed E-state index contributed by atoms with van der Waals surface area (Å²) >= 11 is 0. The SMILES string of the molecule is c1ccc(-c2ccc(-n3c4cccc5c4c4c6c(ccc43)[nH]c3ccc4cccc-5c4c36)cc2)cc1. The third-order valence-corrected chi connectivity index (χ3v) is 8.05. The first-order valence-electron chi connectivity index (χ1n) is 12.5. The summed E-state index contributed by atoms with van der Waals surface area (Å²) in [6.07, 6.45) is 0. The van der Waals surface area contributed by atoms with E-state index in [1.807, 2.05) is 0 Å². The van der Waals surface area contributed by atoms with E-state index in [1.54, 1.807) is 0 Å². The lowest BCUT2D eigenvalue weighted by molar-refractivity contribution is 1.18. The first-order valence-corrected chi connectivity index (χ1v) is 12.5. The third kappa shape index (κ3) is 2.18. The highest BCUT2D eigenvalue weighted by Gasteiger charge is 2.24. The lowest BCUT2D eigenvalue weighted by Gasteiger charge is -2.12. The minimum absolute atomic E-state index is 1.19. The van der Waals surface area contributed by atoms with Crippen LogP contribution < -0.4 is 0 Å². The zero-order valence-electron chi connectivity index (χ0n) is 19.4. The van der Waals surface area contributed by atoms with Crippen LogP contribution in [-0.4, -0.2) is 9.55 Å². The summed E-state index contributed by atoms with van der Waals surface area (Å²) in [6.45, 7) is 0. The smallest absolute Gasteiger partial charge is 0.0549 e. The Morgan fingerprint density at radius 1 is 0.417 bits per heavy atom. The molecular weight excluding hydrogens is 436 g/mol. The summed E-state index contributed by atoms with van der Waals surface area (Å²) in [5, 5.41) is 8.03. The highest BCUT2D eigenvalue weighted by Crippen LogP contribution is 2.49. The van der Waals surface area contributed by atoms with Gasteiger partial charge in [0.1, 0.15) is 0 Å². The molecule has 9 rings (SSSR count). The van der Waals surface area contributed by atoms with E-state index < -0.39 is 0 Å². The van der Waals surface area contributed by atoms with E-state index >= 15 is 0 Å². The van der Waals surface area contributed by atoms with Gasteiger partial charge in [0.25, 0.3) is 0 Å². The number of H-pyrrole nitrogens is 1. The van der Waals surface area contributed by atoms with Gasteiger partial charge in [0.15, 0.2) is 0 Å². The quantitative estimate of drug-likeness (QED) is 0.268. The fourth-order valence-electron chi connectivity index (χ4n) is 6.56. The number of hydrogen-bond donors (Lipinski definition) is 1. The molecule has 0 saturated carbocycles. The summed E-state index contributed by atoms with van der Waals surface area (Å²) in [4.78, 5) is 3.71. The van der Waals surface area contributed by atoms with Crippen molar-refractivity contribution in [1.82, 2.24) is 9.55 Å². The van der Waals surface area contributed by atoms with Gasteiger partial charge < -0.3 is 9.55 Å². The van der Waals surface area contributed by atoms with Crippen molar-refractivity contribution >= 4 is 54.4 Å². The number of rotatable bonds is 2. The predicted molar refractivity (Wildman–Crippen MR) is 152 cm³/mol. The topological polar surface area (TPSA) is 20.7 Å². The van der Waals surface area contributed by atoms with Crippen LogP contribution in [0.15, 0.2) is 115 Å². The Labute approximate surface area is 207 Å². The van der Waals surface area contributed by atoms with Gasteiger partial charge in [0.05, 0.1) is 11.0 Å². The molecule has 2 heterocycles. The Morgan fingerprint density at radius 3 is 1.92 bits per heavy atom. The van der Waals surface area contributed by atoms with Crippen molar-refractivity contribution in [2.45, 2.75) is 0 Å². The summed E-state index contributed by atoms with van der Waals surface area (Å²) in [5.74, 6) is 0. The first kappa shape index (κ1) is 18.5. The number of fused-ring (bicyclic) bond motifs is 1. The van der Waals surface area contributed by atoms with E-state index in [0.29, 0.717) is 0 Å². The maximum absolute atomic E-state index is 3.71. The largest absolute Gasteiger partial charge is 0.354 e. The second kappa shape index (κ2) is 6.44. The molecule has 166 valence electrons. The van der Waals surface area contributed by atoms with E-state index in [9.17, 15) is 0 Å². The minimum Gasteiger partial charge on any atom is -0.354 e. The van der Waals surface area contributed by atoms with E-state index in [1.165, 1.54) is 82.3 Å². The zero-order valence-corrected chi connectivity index (χ0v) is 19.4. The van der Waals surface area contributed by atoms with Crippen LogP contribution in [0.5, 0.6) is 0 Å². The number of aromatic amines is 1. The molecule has 6 aromatic carbocycles. The molecule has 0 amide bonds. The number of benzene rings is 6. The van der Waals surface area contributed by atoms with E-state index in [-0.39, 0.29) is 0 Å². The molecule has 0 saturated heterocycles. The molecule has 0 bridgehead atoms. The van der Waals surface area contributed by atoms with E-state index in [4.69, 9.17) is 0 Å². The van der Waals surface area contributed by atoms with Crippen LogP contribution in [0.25, 0.3) is 82.3 Å². The van der Waals surface area contributed by atoms with Gasteiger partial charge in [-0.15, -0.1) is 0 Å². The molecule has 0 spiro atoms. The van der Waals surface area contributed by atoms with Crippen molar-refractivity contribution in [2.24, 2.45) is 0 Å². The molecular formula is C34H20N2. The van der Waals surface area contributed by atoms with Crippen molar-refractivity contribution in [1.29, 1.82) is 0 Å². The van der Waals surface area contributed by atoms with Crippen molar-refractivity contribution < 1.29 is 0 Å². The van der Waals surface area contributed by atoms with Gasteiger partial charge in [-0.25, -0.2) is 0 Å². The van der Waals surface area contributed by atoms with Crippen molar-refractivity contribution in [3.05, 3.63) is 115 Å². The Morgan fingerprint density at radius 2 is 1.08 bits per heavy atom. The second-order valence-electron chi connectivity index (χ2n) is 9.85. The Kier molecular flexibility index (Phi) is 3.31. The van der Waals surface area contributed by atoms with Gasteiger partial charge in [0, 0.05) is 38.3 Å². The zero-order chi connectivity index (χ0) is 23.4. The van der Waals surface area contributed by atoms with Crippen LogP contribution in [0.1, 0.15) is 0 Å². The Balaban J connectivity index is 1.45. The van der Waals surface area contributed by atoms with E-state index in [0.717, 1.165) is 0 Å². The standard InChI is InChI=1S/C34H20N2/c1-2-6-20(7-3-1)21-12-15-23(16-13-21)36-28-11-5-10-25-24-9-4-8-22-14-17-26-32(30(22)24)33-27(35-26)18-19-29(36)34(33)31(25)28/h1-19,35H. The van der Waals surface area contributed by atoms with Crippen LogP contribution in [0.4, 0.5) is 0 Å². The normalized spacial score (nSPS) is 12.4. The molecule has 0 fully saturated rings. The third-order valence-electron chi connectivity index (χ3n) is 8.05. The molecule has 0 unspecified atom stereocenters. The summed E-state index contributed by atoms with van der Waals surface area (Å²) < 4.78 is 2.44. The van der Waals surface area contributed by atoms with Gasteiger partial charge in [-0.2, -0.15) is 0 Å². The van der Waals surface area contributed by atoms with Crippen LogP contribution >= 0.6 is 0 Å². The molecule has 0 aliphatic heterocycles. The van der Waals surface area contributed by atoms with Crippen LogP contribution in [0.3, 0.4) is 0 Å². The van der Waals surface area contributed by atoms with Gasteiger partial charge in [-0.05, 0) is 69.4 Å². The fourth-order valence-corrected chi connectivity index (χ4v) is 6.56. The molecule has 1 N–H and O–H groups in total. The van der Waals surface area contributed by atoms with Gasteiger partial charge in [0.2, 0.25) is 0 Å². The van der Waals surface area contributed by atoms with Crippen LogP contribution in [0.2, 0.25) is 0 Å². The summed E-state index contributed by atoms with van der Waals surface area (Å²) in [6, 6.07) is 42.1. The van der Waals surface area contributed by atoms with E-state index in [2.05, 4.69) is 125 Å². The molecule has 8 aromatic rings. The molecule has 1 aliphatic rings. The van der Waals surface area contributed by atoms with Gasteiger partial charge >= 0.3 is 0 Å².